The average molecular weight is 262 g/mol. The fraction of sp³-hybridized carbons (Fsp3) is 0.308. The minimum atomic E-state index is -0.318. The fourth-order valence-electron chi connectivity index (χ4n) is 1.56. The Bertz CT molecular complexity index is 550. The first kappa shape index (κ1) is 13.2. The molecule has 2 rings (SSSR count). The summed E-state index contributed by atoms with van der Waals surface area (Å²) in [5.41, 5.74) is 0.905. The van der Waals surface area contributed by atoms with Crippen molar-refractivity contribution >= 4 is 5.91 Å². The molecular formula is C13H15FN4O. The molecule has 19 heavy (non-hydrogen) atoms. The molecule has 1 N–H and O–H groups in total. The number of hydrogen-bond acceptors (Lipinski definition) is 3. The summed E-state index contributed by atoms with van der Waals surface area (Å²) in [4.78, 5) is 11.7. The normalized spacial score (nSPS) is 10.4. The van der Waals surface area contributed by atoms with E-state index in [0.717, 1.165) is 12.8 Å². The van der Waals surface area contributed by atoms with E-state index in [2.05, 4.69) is 22.6 Å². The van der Waals surface area contributed by atoms with Crippen LogP contribution in [0.1, 0.15) is 30.3 Å². The van der Waals surface area contributed by atoms with Gasteiger partial charge in [-0.3, -0.25) is 4.79 Å². The van der Waals surface area contributed by atoms with Crippen molar-refractivity contribution in [1.29, 1.82) is 0 Å². The number of nitrogens with one attached hydrogen (secondary N) is 1. The lowest BCUT2D eigenvalue weighted by molar-refractivity contribution is 0.0948. The van der Waals surface area contributed by atoms with Crippen molar-refractivity contribution < 1.29 is 9.18 Å². The molecule has 1 aromatic heterocycles. The summed E-state index contributed by atoms with van der Waals surface area (Å²) in [6, 6.07) is 5.81. The van der Waals surface area contributed by atoms with E-state index in [9.17, 15) is 9.18 Å². The van der Waals surface area contributed by atoms with E-state index in [1.807, 2.05) is 0 Å². The molecule has 0 fully saturated rings. The first-order valence-electron chi connectivity index (χ1n) is 6.17. The van der Waals surface area contributed by atoms with Crippen molar-refractivity contribution in [3.05, 3.63) is 42.0 Å². The van der Waals surface area contributed by atoms with Gasteiger partial charge in [0, 0.05) is 6.54 Å². The fourth-order valence-corrected chi connectivity index (χ4v) is 1.56. The molecule has 100 valence electrons. The maximum absolute atomic E-state index is 12.8. The van der Waals surface area contributed by atoms with Crippen LogP contribution in [0, 0.1) is 5.82 Å². The Labute approximate surface area is 110 Å². The summed E-state index contributed by atoms with van der Waals surface area (Å²) >= 11 is 0. The first-order valence-corrected chi connectivity index (χ1v) is 6.17. The van der Waals surface area contributed by atoms with Crippen LogP contribution in [-0.2, 0) is 0 Å². The van der Waals surface area contributed by atoms with Gasteiger partial charge >= 0.3 is 0 Å². The molecule has 0 radical (unpaired) electrons. The van der Waals surface area contributed by atoms with Crippen LogP contribution < -0.4 is 5.32 Å². The summed E-state index contributed by atoms with van der Waals surface area (Å²) in [6.45, 7) is 2.68. The summed E-state index contributed by atoms with van der Waals surface area (Å²) in [5.74, 6) is -0.566. The number of nitrogens with zero attached hydrogens (tertiary/aromatic N) is 3. The van der Waals surface area contributed by atoms with Crippen LogP contribution in [0.3, 0.4) is 0 Å². The van der Waals surface area contributed by atoms with Crippen LogP contribution in [0.15, 0.2) is 30.5 Å². The van der Waals surface area contributed by atoms with Gasteiger partial charge in [-0.2, -0.15) is 0 Å². The van der Waals surface area contributed by atoms with E-state index in [4.69, 9.17) is 0 Å². The van der Waals surface area contributed by atoms with E-state index in [1.165, 1.54) is 23.0 Å². The second kappa shape index (κ2) is 6.08. The molecule has 0 aliphatic rings. The molecule has 1 heterocycles. The van der Waals surface area contributed by atoms with Crippen LogP contribution in [-0.4, -0.2) is 27.4 Å². The van der Waals surface area contributed by atoms with Gasteiger partial charge in [0.25, 0.3) is 5.91 Å². The topological polar surface area (TPSA) is 59.8 Å². The van der Waals surface area contributed by atoms with Crippen LogP contribution in [0.2, 0.25) is 0 Å². The van der Waals surface area contributed by atoms with Crippen molar-refractivity contribution in [3.8, 4) is 5.69 Å². The molecule has 0 aliphatic carbocycles. The zero-order valence-electron chi connectivity index (χ0n) is 10.6. The van der Waals surface area contributed by atoms with Crippen molar-refractivity contribution in [2.45, 2.75) is 19.8 Å². The summed E-state index contributed by atoms with van der Waals surface area (Å²) in [7, 11) is 0. The van der Waals surface area contributed by atoms with Gasteiger partial charge in [0.2, 0.25) is 0 Å². The summed E-state index contributed by atoms with van der Waals surface area (Å²) in [5, 5.41) is 10.4. The number of rotatable bonds is 5. The van der Waals surface area contributed by atoms with E-state index >= 15 is 0 Å². The van der Waals surface area contributed by atoms with Crippen molar-refractivity contribution in [2.75, 3.05) is 6.54 Å². The number of aromatic nitrogens is 3. The maximum atomic E-state index is 12.8. The van der Waals surface area contributed by atoms with Gasteiger partial charge in [0.1, 0.15) is 5.82 Å². The smallest absolute Gasteiger partial charge is 0.273 e. The van der Waals surface area contributed by atoms with E-state index in [1.54, 1.807) is 12.1 Å². The van der Waals surface area contributed by atoms with E-state index in [0.29, 0.717) is 12.2 Å². The molecule has 6 heteroatoms. The SMILES string of the molecule is CCCCNC(=O)c1cn(-c2ccc(F)cc2)nn1. The van der Waals surface area contributed by atoms with Crippen LogP contribution >= 0.6 is 0 Å². The Hall–Kier alpha value is -2.24. The second-order valence-corrected chi connectivity index (χ2v) is 4.13. The van der Waals surface area contributed by atoms with E-state index < -0.39 is 0 Å². The Morgan fingerprint density at radius 1 is 1.37 bits per heavy atom. The number of halogens is 1. The lowest BCUT2D eigenvalue weighted by Crippen LogP contribution is -2.24. The third-order valence-electron chi connectivity index (χ3n) is 2.63. The molecule has 0 unspecified atom stereocenters. The van der Waals surface area contributed by atoms with Gasteiger partial charge in [-0.05, 0) is 30.7 Å². The molecular weight excluding hydrogens is 247 g/mol. The van der Waals surface area contributed by atoms with Gasteiger partial charge in [0.15, 0.2) is 5.69 Å². The number of hydrogen-bond donors (Lipinski definition) is 1. The maximum Gasteiger partial charge on any atom is 0.273 e. The van der Waals surface area contributed by atoms with Crippen molar-refractivity contribution in [3.63, 3.8) is 0 Å². The lowest BCUT2D eigenvalue weighted by Gasteiger charge is -2.00. The third kappa shape index (κ3) is 3.37. The third-order valence-corrected chi connectivity index (χ3v) is 2.63. The predicted octanol–water partition coefficient (Wildman–Crippen LogP) is 1.94. The van der Waals surface area contributed by atoms with Gasteiger partial charge < -0.3 is 5.32 Å². The number of unbranched alkanes of at least 4 members (excludes halogenated alkanes) is 1. The monoisotopic (exact) mass is 262 g/mol. The number of benzene rings is 1. The van der Waals surface area contributed by atoms with Gasteiger partial charge in [-0.15, -0.1) is 5.10 Å². The lowest BCUT2D eigenvalue weighted by atomic mass is 10.3. The van der Waals surface area contributed by atoms with Crippen molar-refractivity contribution in [2.24, 2.45) is 0 Å². The van der Waals surface area contributed by atoms with Gasteiger partial charge in [-0.25, -0.2) is 9.07 Å². The molecule has 0 bridgehead atoms. The highest BCUT2D eigenvalue weighted by Gasteiger charge is 2.10. The van der Waals surface area contributed by atoms with Crippen LogP contribution in [0.25, 0.3) is 5.69 Å². The molecule has 2 aromatic rings. The minimum absolute atomic E-state index is 0.248. The minimum Gasteiger partial charge on any atom is -0.351 e. The molecule has 1 amide bonds. The average Bonchev–Trinajstić information content (AvgIpc) is 2.89. The highest BCUT2D eigenvalue weighted by atomic mass is 19.1. The molecule has 0 atom stereocenters. The van der Waals surface area contributed by atoms with Gasteiger partial charge in [-0.1, -0.05) is 18.6 Å². The second-order valence-electron chi connectivity index (χ2n) is 4.13. The van der Waals surface area contributed by atoms with Crippen molar-refractivity contribution in [1.82, 2.24) is 20.3 Å². The number of carbonyl (C=O) groups is 1. The first-order chi connectivity index (χ1) is 9.20. The highest BCUT2D eigenvalue weighted by Crippen LogP contribution is 2.08. The Morgan fingerprint density at radius 3 is 2.79 bits per heavy atom. The van der Waals surface area contributed by atoms with Crippen LogP contribution in [0.4, 0.5) is 4.39 Å². The number of amides is 1. The largest absolute Gasteiger partial charge is 0.351 e. The summed E-state index contributed by atoms with van der Waals surface area (Å²) in [6.07, 6.45) is 3.47. The zero-order chi connectivity index (χ0) is 13.7. The summed E-state index contributed by atoms with van der Waals surface area (Å²) < 4.78 is 14.2. The van der Waals surface area contributed by atoms with E-state index in [-0.39, 0.29) is 17.4 Å². The standard InChI is InChI=1S/C13H15FN4O/c1-2-3-8-15-13(19)12-9-18(17-16-12)11-6-4-10(14)5-7-11/h4-7,9H,2-3,8H2,1H3,(H,15,19). The number of carbonyl (C=O) groups excluding carboxylic acids is 1. The Kier molecular flexibility index (Phi) is 4.22. The molecule has 5 nitrogen and oxygen atoms in total. The predicted molar refractivity (Wildman–Crippen MR) is 68.6 cm³/mol. The quantitative estimate of drug-likeness (QED) is 0.838. The molecule has 0 aliphatic heterocycles. The van der Waals surface area contributed by atoms with Crippen LogP contribution in [0.5, 0.6) is 0 Å². The molecule has 0 spiro atoms. The molecule has 0 saturated heterocycles. The Morgan fingerprint density at radius 2 is 2.11 bits per heavy atom. The molecule has 1 aromatic carbocycles. The van der Waals surface area contributed by atoms with Gasteiger partial charge in [0.05, 0.1) is 11.9 Å². The highest BCUT2D eigenvalue weighted by molar-refractivity contribution is 5.91. The molecule has 0 saturated carbocycles. The Balaban J connectivity index is 2.06. The zero-order valence-corrected chi connectivity index (χ0v) is 10.6.